The van der Waals surface area contributed by atoms with E-state index in [4.69, 9.17) is 27.4 Å². The van der Waals surface area contributed by atoms with Gasteiger partial charge in [0.25, 0.3) is 0 Å². The Morgan fingerprint density at radius 1 is 1.10 bits per heavy atom. The molecule has 0 fully saturated rings. The number of rotatable bonds is 6. The molecule has 110 valence electrons. The van der Waals surface area contributed by atoms with Crippen LogP contribution in [-0.4, -0.2) is 18.2 Å². The molecule has 0 aliphatic rings. The first-order valence-corrected chi connectivity index (χ1v) is 7.68. The lowest BCUT2D eigenvalue weighted by atomic mass is 10.2. The van der Waals surface area contributed by atoms with Crippen LogP contribution in [0.4, 0.5) is 0 Å². The van der Waals surface area contributed by atoms with E-state index in [1.165, 1.54) is 0 Å². The lowest BCUT2D eigenvalue weighted by Gasteiger charge is -2.11. The third-order valence-electron chi connectivity index (χ3n) is 2.91. The van der Waals surface area contributed by atoms with Gasteiger partial charge in [0.1, 0.15) is 29.7 Å². The fourth-order valence-electron chi connectivity index (χ4n) is 1.79. The van der Waals surface area contributed by atoms with Crippen LogP contribution in [-0.2, 0) is 0 Å². The van der Waals surface area contributed by atoms with Crippen LogP contribution < -0.4 is 15.2 Å². The Kier molecular flexibility index (Phi) is 5.59. The maximum Gasteiger partial charge on any atom is 0.133 e. The number of ether oxygens (including phenoxy) is 2. The van der Waals surface area contributed by atoms with Crippen LogP contribution >= 0.6 is 28.1 Å². The largest absolute Gasteiger partial charge is 0.490 e. The van der Waals surface area contributed by atoms with E-state index in [0.717, 1.165) is 27.1 Å². The van der Waals surface area contributed by atoms with Crippen molar-refractivity contribution >= 4 is 33.1 Å². The van der Waals surface area contributed by atoms with Gasteiger partial charge in [-0.2, -0.15) is 0 Å². The van der Waals surface area contributed by atoms with Crippen LogP contribution in [0.3, 0.4) is 0 Å². The Labute approximate surface area is 138 Å². The van der Waals surface area contributed by atoms with Gasteiger partial charge in [0, 0.05) is 5.56 Å². The number of thiocarbonyl (C=S) groups is 1. The van der Waals surface area contributed by atoms with Crippen LogP contribution in [0, 0.1) is 6.92 Å². The summed E-state index contributed by atoms with van der Waals surface area (Å²) in [4.78, 5) is 0.366. The van der Waals surface area contributed by atoms with Gasteiger partial charge in [-0.25, -0.2) is 0 Å². The molecule has 0 radical (unpaired) electrons. The molecule has 3 nitrogen and oxygen atoms in total. The number of aryl methyl sites for hydroxylation is 1. The Bertz CT molecular complexity index is 646. The average molecular weight is 366 g/mol. The molecule has 0 unspecified atom stereocenters. The van der Waals surface area contributed by atoms with Crippen molar-refractivity contribution in [2.75, 3.05) is 13.2 Å². The molecule has 0 aliphatic heterocycles. The highest BCUT2D eigenvalue weighted by Crippen LogP contribution is 2.26. The van der Waals surface area contributed by atoms with Crippen molar-refractivity contribution in [3.63, 3.8) is 0 Å². The van der Waals surface area contributed by atoms with Gasteiger partial charge in [-0.05, 0) is 52.7 Å². The van der Waals surface area contributed by atoms with Gasteiger partial charge in [0.15, 0.2) is 0 Å². The summed E-state index contributed by atoms with van der Waals surface area (Å²) in [6.45, 7) is 2.95. The van der Waals surface area contributed by atoms with E-state index in [1.54, 1.807) is 0 Å². The standard InChI is InChI=1S/C16H16BrNO2S/c1-11-4-2-3-5-14(11)19-8-9-20-15-7-6-12(16(18)21)10-13(15)17/h2-7,10H,8-9H2,1H3,(H2,18,21). The zero-order valence-corrected chi connectivity index (χ0v) is 14.0. The second-order valence-corrected chi connectivity index (χ2v) is 5.77. The third kappa shape index (κ3) is 4.44. The Balaban J connectivity index is 1.87. The number of nitrogens with two attached hydrogens (primary N) is 1. The molecular formula is C16H16BrNO2S. The van der Waals surface area contributed by atoms with E-state index in [1.807, 2.05) is 49.4 Å². The molecule has 0 amide bonds. The van der Waals surface area contributed by atoms with Gasteiger partial charge in [0.2, 0.25) is 0 Å². The van der Waals surface area contributed by atoms with E-state index in [-0.39, 0.29) is 0 Å². The van der Waals surface area contributed by atoms with Crippen LogP contribution in [0.2, 0.25) is 0 Å². The molecule has 21 heavy (non-hydrogen) atoms. The molecule has 2 aromatic rings. The Hall–Kier alpha value is -1.59. The lowest BCUT2D eigenvalue weighted by molar-refractivity contribution is 0.215. The summed E-state index contributed by atoms with van der Waals surface area (Å²) in [5.41, 5.74) is 7.50. The summed E-state index contributed by atoms with van der Waals surface area (Å²) in [5.74, 6) is 1.62. The van der Waals surface area contributed by atoms with Crippen LogP contribution in [0.25, 0.3) is 0 Å². The zero-order chi connectivity index (χ0) is 15.2. The molecule has 5 heteroatoms. The van der Waals surface area contributed by atoms with Crippen LogP contribution in [0.5, 0.6) is 11.5 Å². The quantitative estimate of drug-likeness (QED) is 0.623. The summed E-state index contributed by atoms with van der Waals surface area (Å²) in [7, 11) is 0. The second-order valence-electron chi connectivity index (χ2n) is 4.47. The van der Waals surface area contributed by atoms with E-state index < -0.39 is 0 Å². The summed E-state index contributed by atoms with van der Waals surface area (Å²) in [6.07, 6.45) is 0. The highest BCUT2D eigenvalue weighted by Gasteiger charge is 2.05. The SMILES string of the molecule is Cc1ccccc1OCCOc1ccc(C(N)=S)cc1Br. The fraction of sp³-hybridized carbons (Fsp3) is 0.188. The molecule has 0 atom stereocenters. The number of hydrogen-bond acceptors (Lipinski definition) is 3. The fourth-order valence-corrected chi connectivity index (χ4v) is 2.41. The highest BCUT2D eigenvalue weighted by atomic mass is 79.9. The van der Waals surface area contributed by atoms with Crippen LogP contribution in [0.15, 0.2) is 46.9 Å². The van der Waals surface area contributed by atoms with Crippen molar-refractivity contribution in [2.24, 2.45) is 5.73 Å². The molecule has 0 aromatic heterocycles. The second kappa shape index (κ2) is 7.43. The minimum absolute atomic E-state index is 0.366. The monoisotopic (exact) mass is 365 g/mol. The van der Waals surface area contributed by atoms with Crippen molar-refractivity contribution in [3.8, 4) is 11.5 Å². The minimum Gasteiger partial charge on any atom is -0.490 e. The highest BCUT2D eigenvalue weighted by molar-refractivity contribution is 9.10. The maximum absolute atomic E-state index is 5.68. The van der Waals surface area contributed by atoms with Crippen molar-refractivity contribution in [2.45, 2.75) is 6.92 Å². The number of para-hydroxylation sites is 1. The van der Waals surface area contributed by atoms with Crippen LogP contribution in [0.1, 0.15) is 11.1 Å². The summed E-state index contributed by atoms with van der Waals surface area (Å²) >= 11 is 8.38. The third-order valence-corrected chi connectivity index (χ3v) is 3.76. The molecule has 0 bridgehead atoms. The van der Waals surface area contributed by atoms with Gasteiger partial charge in [-0.15, -0.1) is 0 Å². The first-order valence-electron chi connectivity index (χ1n) is 6.48. The smallest absolute Gasteiger partial charge is 0.133 e. The van der Waals surface area contributed by atoms with Gasteiger partial charge < -0.3 is 15.2 Å². The van der Waals surface area contributed by atoms with Crippen molar-refractivity contribution in [1.29, 1.82) is 0 Å². The number of halogens is 1. The summed E-state index contributed by atoms with van der Waals surface area (Å²) < 4.78 is 12.2. The molecule has 0 saturated carbocycles. The van der Waals surface area contributed by atoms with Gasteiger partial charge >= 0.3 is 0 Å². The molecule has 0 spiro atoms. The first-order chi connectivity index (χ1) is 10.1. The molecule has 0 heterocycles. The first kappa shape index (κ1) is 15.8. The molecule has 2 rings (SSSR count). The van der Waals surface area contributed by atoms with Gasteiger partial charge in [0.05, 0.1) is 4.47 Å². The maximum atomic E-state index is 5.68. The number of hydrogen-bond donors (Lipinski definition) is 1. The minimum atomic E-state index is 0.366. The molecule has 2 aromatic carbocycles. The van der Waals surface area contributed by atoms with E-state index in [2.05, 4.69) is 15.9 Å². The topological polar surface area (TPSA) is 44.5 Å². The summed E-state index contributed by atoms with van der Waals surface area (Å²) in [5, 5.41) is 0. The van der Waals surface area contributed by atoms with Gasteiger partial charge in [-0.1, -0.05) is 30.4 Å². The van der Waals surface area contributed by atoms with Crippen molar-refractivity contribution in [3.05, 3.63) is 58.1 Å². The normalized spacial score (nSPS) is 10.2. The predicted octanol–water partition coefficient (Wildman–Crippen LogP) is 3.85. The number of benzene rings is 2. The molecule has 2 N–H and O–H groups in total. The average Bonchev–Trinajstić information content (AvgIpc) is 2.46. The molecule has 0 saturated heterocycles. The van der Waals surface area contributed by atoms with Gasteiger partial charge in [-0.3, -0.25) is 0 Å². The van der Waals surface area contributed by atoms with Crippen molar-refractivity contribution < 1.29 is 9.47 Å². The Morgan fingerprint density at radius 3 is 2.38 bits per heavy atom. The van der Waals surface area contributed by atoms with E-state index in [9.17, 15) is 0 Å². The predicted molar refractivity (Wildman–Crippen MR) is 92.2 cm³/mol. The summed E-state index contributed by atoms with van der Waals surface area (Å²) in [6, 6.07) is 13.4. The van der Waals surface area contributed by atoms with Crippen molar-refractivity contribution in [1.82, 2.24) is 0 Å². The lowest BCUT2D eigenvalue weighted by Crippen LogP contribution is -2.11. The molecular weight excluding hydrogens is 350 g/mol. The van der Waals surface area contributed by atoms with E-state index in [0.29, 0.717) is 18.2 Å². The Morgan fingerprint density at radius 2 is 1.76 bits per heavy atom. The van der Waals surface area contributed by atoms with E-state index >= 15 is 0 Å². The molecule has 0 aliphatic carbocycles. The zero-order valence-electron chi connectivity index (χ0n) is 11.6.